The third kappa shape index (κ3) is 2.02. The molecule has 0 atom stereocenters. The van der Waals surface area contributed by atoms with Gasteiger partial charge in [0.15, 0.2) is 0 Å². The highest BCUT2D eigenvalue weighted by atomic mass is 16.3. The predicted molar refractivity (Wildman–Crippen MR) is 54.2 cm³/mol. The Morgan fingerprint density at radius 2 is 1.38 bits per heavy atom. The van der Waals surface area contributed by atoms with Crippen LogP contribution in [0.5, 0.6) is 0 Å². The number of rotatable bonds is 2. The van der Waals surface area contributed by atoms with Crippen molar-refractivity contribution in [3.8, 4) is 0 Å². The molecule has 0 saturated heterocycles. The smallest absolute Gasteiger partial charge is 0.115 e. The molecule has 13 heavy (non-hydrogen) atoms. The van der Waals surface area contributed by atoms with Crippen LogP contribution in [0.4, 0.5) is 5.69 Å². The van der Waals surface area contributed by atoms with Crippen molar-refractivity contribution in [1.82, 2.24) is 0 Å². The molecule has 0 saturated carbocycles. The fraction of sp³-hybridized carbons (Fsp3) is 0. The van der Waals surface area contributed by atoms with Gasteiger partial charge in [-0.15, -0.1) is 0 Å². The molecule has 0 bridgehead atoms. The van der Waals surface area contributed by atoms with Gasteiger partial charge in [0.05, 0.1) is 0 Å². The summed E-state index contributed by atoms with van der Waals surface area (Å²) < 4.78 is 0. The van der Waals surface area contributed by atoms with E-state index in [0.717, 1.165) is 0 Å². The zero-order chi connectivity index (χ0) is 10.0. The second-order valence-corrected chi connectivity index (χ2v) is 2.74. The van der Waals surface area contributed by atoms with Crippen LogP contribution < -0.4 is 5.73 Å². The van der Waals surface area contributed by atoms with Crippen molar-refractivity contribution < 1.29 is 10.2 Å². The van der Waals surface area contributed by atoms with E-state index in [4.69, 9.17) is 15.9 Å². The molecule has 0 aliphatic rings. The Kier molecular flexibility index (Phi) is 2.28. The van der Waals surface area contributed by atoms with Crippen LogP contribution in [-0.4, -0.2) is 10.2 Å². The maximum Gasteiger partial charge on any atom is 0.115 e. The van der Waals surface area contributed by atoms with E-state index in [9.17, 15) is 0 Å². The van der Waals surface area contributed by atoms with Crippen molar-refractivity contribution in [2.24, 2.45) is 0 Å². The normalized spacial score (nSPS) is 9.54. The molecule has 0 radical (unpaired) electrons. The third-order valence-electron chi connectivity index (χ3n) is 1.62. The number of hydrogen-bond acceptors (Lipinski definition) is 3. The minimum Gasteiger partial charge on any atom is -0.508 e. The highest BCUT2D eigenvalue weighted by Crippen LogP contribution is 2.20. The minimum absolute atomic E-state index is 0.0881. The second kappa shape index (κ2) is 3.23. The fourth-order valence-electron chi connectivity index (χ4n) is 0.985. The van der Waals surface area contributed by atoms with Crippen molar-refractivity contribution in [2.45, 2.75) is 0 Å². The van der Waals surface area contributed by atoms with Gasteiger partial charge in [0.1, 0.15) is 11.5 Å². The topological polar surface area (TPSA) is 66.5 Å². The molecule has 0 amide bonds. The van der Waals surface area contributed by atoms with E-state index in [1.54, 1.807) is 18.2 Å². The summed E-state index contributed by atoms with van der Waals surface area (Å²) in [5.41, 5.74) is 6.93. The molecule has 1 rings (SSSR count). The Bertz CT molecular complexity index is 337. The lowest BCUT2D eigenvalue weighted by molar-refractivity contribution is 0.511. The fourth-order valence-corrected chi connectivity index (χ4v) is 0.985. The molecule has 1 aromatic carbocycles. The van der Waals surface area contributed by atoms with E-state index in [-0.39, 0.29) is 11.5 Å². The van der Waals surface area contributed by atoms with E-state index < -0.39 is 0 Å². The number of nitrogens with two attached hydrogens (primary N) is 1. The van der Waals surface area contributed by atoms with Gasteiger partial charge in [0.25, 0.3) is 0 Å². The van der Waals surface area contributed by atoms with Crippen LogP contribution >= 0.6 is 0 Å². The Balaban J connectivity index is 3.26. The molecular formula is C10H11NO2. The summed E-state index contributed by atoms with van der Waals surface area (Å²) in [6.45, 7) is 6.71. The average molecular weight is 177 g/mol. The Labute approximate surface area is 76.4 Å². The van der Waals surface area contributed by atoms with Gasteiger partial charge in [-0.3, -0.25) is 0 Å². The van der Waals surface area contributed by atoms with Crippen LogP contribution in [-0.2, 0) is 0 Å². The van der Waals surface area contributed by atoms with Crippen LogP contribution in [0.15, 0.2) is 31.4 Å². The first-order valence-corrected chi connectivity index (χ1v) is 3.68. The first-order valence-electron chi connectivity index (χ1n) is 3.68. The highest BCUT2D eigenvalue weighted by molar-refractivity contribution is 5.68. The number of nitrogen functional groups attached to an aromatic ring is 1. The average Bonchev–Trinajstić information content (AvgIpc) is 2.03. The summed E-state index contributed by atoms with van der Waals surface area (Å²) in [6.07, 6.45) is 0. The number of aliphatic hydroxyl groups is 2. The van der Waals surface area contributed by atoms with Crippen molar-refractivity contribution in [3.63, 3.8) is 0 Å². The quantitative estimate of drug-likeness (QED) is 0.479. The van der Waals surface area contributed by atoms with Crippen molar-refractivity contribution >= 4 is 17.2 Å². The van der Waals surface area contributed by atoms with Crippen molar-refractivity contribution in [3.05, 3.63) is 42.5 Å². The summed E-state index contributed by atoms with van der Waals surface area (Å²) >= 11 is 0. The first kappa shape index (κ1) is 9.19. The molecular weight excluding hydrogens is 166 g/mol. The van der Waals surface area contributed by atoms with Crippen LogP contribution in [0.3, 0.4) is 0 Å². The zero-order valence-corrected chi connectivity index (χ0v) is 7.12. The molecule has 0 heterocycles. The maximum atomic E-state index is 9.09. The molecule has 68 valence electrons. The highest BCUT2D eigenvalue weighted by Gasteiger charge is 2.02. The number of benzene rings is 1. The standard InChI is InChI=1S/C10H11NO2/c1-6(12)8-3-9(7(2)13)5-10(11)4-8/h3-5,12-13H,1-2,11H2. The minimum atomic E-state index is -0.0881. The predicted octanol–water partition coefficient (Wildman–Crippen LogP) is 2.33. The van der Waals surface area contributed by atoms with E-state index in [2.05, 4.69) is 13.2 Å². The van der Waals surface area contributed by atoms with Crippen LogP contribution in [0.25, 0.3) is 11.5 Å². The van der Waals surface area contributed by atoms with E-state index in [1.165, 1.54) is 0 Å². The van der Waals surface area contributed by atoms with Crippen LogP contribution in [0.1, 0.15) is 11.1 Å². The lowest BCUT2D eigenvalue weighted by atomic mass is 10.1. The monoisotopic (exact) mass is 177 g/mol. The number of aliphatic hydroxyl groups excluding tert-OH is 2. The Morgan fingerprint density at radius 3 is 1.69 bits per heavy atom. The summed E-state index contributed by atoms with van der Waals surface area (Å²) in [6, 6.07) is 4.69. The van der Waals surface area contributed by atoms with Crippen LogP contribution in [0.2, 0.25) is 0 Å². The van der Waals surface area contributed by atoms with Gasteiger partial charge in [-0.05, 0) is 18.2 Å². The summed E-state index contributed by atoms with van der Waals surface area (Å²) in [5.74, 6) is -0.176. The zero-order valence-electron chi connectivity index (χ0n) is 7.12. The van der Waals surface area contributed by atoms with E-state index in [1.807, 2.05) is 0 Å². The van der Waals surface area contributed by atoms with E-state index >= 15 is 0 Å². The third-order valence-corrected chi connectivity index (χ3v) is 1.62. The lowest BCUT2D eigenvalue weighted by Crippen LogP contribution is -1.92. The maximum absolute atomic E-state index is 9.09. The molecule has 0 unspecified atom stereocenters. The Morgan fingerprint density at radius 1 is 1.00 bits per heavy atom. The molecule has 3 heteroatoms. The van der Waals surface area contributed by atoms with Crippen molar-refractivity contribution in [2.75, 3.05) is 5.73 Å². The van der Waals surface area contributed by atoms with Gasteiger partial charge in [0.2, 0.25) is 0 Å². The summed E-state index contributed by atoms with van der Waals surface area (Å²) in [4.78, 5) is 0. The van der Waals surface area contributed by atoms with Gasteiger partial charge in [-0.2, -0.15) is 0 Å². The number of anilines is 1. The second-order valence-electron chi connectivity index (χ2n) is 2.74. The molecule has 1 aromatic rings. The summed E-state index contributed by atoms with van der Waals surface area (Å²) in [5, 5.41) is 18.2. The SMILES string of the molecule is C=C(O)c1cc(N)cc(C(=C)O)c1. The van der Waals surface area contributed by atoms with Gasteiger partial charge in [0, 0.05) is 16.8 Å². The van der Waals surface area contributed by atoms with Gasteiger partial charge < -0.3 is 15.9 Å². The van der Waals surface area contributed by atoms with Crippen molar-refractivity contribution in [1.29, 1.82) is 0 Å². The largest absolute Gasteiger partial charge is 0.508 e. The van der Waals surface area contributed by atoms with Gasteiger partial charge in [-0.1, -0.05) is 13.2 Å². The molecule has 0 fully saturated rings. The molecule has 0 aliphatic heterocycles. The van der Waals surface area contributed by atoms with Gasteiger partial charge in [-0.25, -0.2) is 0 Å². The van der Waals surface area contributed by atoms with E-state index in [0.29, 0.717) is 16.8 Å². The summed E-state index contributed by atoms with van der Waals surface area (Å²) in [7, 11) is 0. The van der Waals surface area contributed by atoms with Gasteiger partial charge >= 0.3 is 0 Å². The number of hydrogen-bond donors (Lipinski definition) is 3. The van der Waals surface area contributed by atoms with Crippen LogP contribution in [0, 0.1) is 0 Å². The molecule has 3 nitrogen and oxygen atoms in total. The molecule has 0 aromatic heterocycles. The molecule has 4 N–H and O–H groups in total. The lowest BCUT2D eigenvalue weighted by Gasteiger charge is -2.04. The molecule has 0 spiro atoms. The Hall–Kier alpha value is -1.90. The molecule has 0 aliphatic carbocycles. The first-order chi connectivity index (χ1) is 6.00.